The molecule has 4 heteroatoms. The van der Waals surface area contributed by atoms with Crippen molar-refractivity contribution in [2.75, 3.05) is 9.80 Å². The van der Waals surface area contributed by atoms with Crippen LogP contribution in [-0.4, -0.2) is 8.07 Å². The molecule has 8 aromatic carbocycles. The molecule has 0 saturated carbocycles. The van der Waals surface area contributed by atoms with Crippen LogP contribution in [0.1, 0.15) is 0 Å². The van der Waals surface area contributed by atoms with Crippen molar-refractivity contribution in [2.45, 2.75) is 19.6 Å². The number of nitrogens with zero attached hydrogens (tertiary/aromatic N) is 3. The van der Waals surface area contributed by atoms with Crippen molar-refractivity contribution in [3.05, 3.63) is 169 Å². The van der Waals surface area contributed by atoms with E-state index in [0.717, 1.165) is 34.1 Å². The monoisotopic (exact) mass is 633 g/mol. The van der Waals surface area contributed by atoms with Crippen molar-refractivity contribution in [1.29, 1.82) is 0 Å². The smallest absolute Gasteiger partial charge is 0.187 e. The molecule has 0 radical (unpaired) electrons. The van der Waals surface area contributed by atoms with E-state index in [4.69, 9.17) is 6.57 Å². The van der Waals surface area contributed by atoms with E-state index in [1.807, 2.05) is 30.3 Å². The summed E-state index contributed by atoms with van der Waals surface area (Å²) in [6.45, 7) is 14.7. The first-order valence-electron chi connectivity index (χ1n) is 16.4. The van der Waals surface area contributed by atoms with Crippen LogP contribution in [0.3, 0.4) is 0 Å². The fourth-order valence-electron chi connectivity index (χ4n) is 6.96. The van der Waals surface area contributed by atoms with Gasteiger partial charge in [0.2, 0.25) is 0 Å². The minimum atomic E-state index is -1.44. The Morgan fingerprint density at radius 1 is 0.438 bits per heavy atom. The zero-order valence-electron chi connectivity index (χ0n) is 27.4. The summed E-state index contributed by atoms with van der Waals surface area (Å²) in [5.41, 5.74) is 7.26. The predicted molar refractivity (Wildman–Crippen MR) is 209 cm³/mol. The van der Waals surface area contributed by atoms with Gasteiger partial charge in [-0.25, -0.2) is 4.85 Å². The van der Waals surface area contributed by atoms with Gasteiger partial charge >= 0.3 is 0 Å². The van der Waals surface area contributed by atoms with E-state index < -0.39 is 8.07 Å². The van der Waals surface area contributed by atoms with E-state index in [1.54, 1.807) is 0 Å². The molecule has 0 bridgehead atoms. The second-order valence-electron chi connectivity index (χ2n) is 13.4. The second-order valence-corrected chi connectivity index (χ2v) is 18.4. The van der Waals surface area contributed by atoms with Gasteiger partial charge in [-0.2, -0.15) is 0 Å². The maximum Gasteiger partial charge on any atom is 0.187 e. The SMILES string of the molecule is [C-]#[N+]c1ccc(N(c2ccccc2)c2ccc3ccc4c(N(c5ccccc5)c5ccc([Si](C)(C)C)cc5)ccc5ccc2c3c54)cc1. The van der Waals surface area contributed by atoms with E-state index in [2.05, 4.69) is 162 Å². The topological polar surface area (TPSA) is 10.8 Å². The van der Waals surface area contributed by atoms with Crippen LogP contribution in [-0.2, 0) is 0 Å². The molecule has 0 amide bonds. The van der Waals surface area contributed by atoms with Crippen molar-refractivity contribution in [1.82, 2.24) is 0 Å². The lowest BCUT2D eigenvalue weighted by molar-refractivity contribution is 1.30. The Labute approximate surface area is 283 Å². The van der Waals surface area contributed by atoms with Crippen LogP contribution in [0.2, 0.25) is 19.6 Å². The van der Waals surface area contributed by atoms with Gasteiger partial charge in [-0.3, -0.25) is 0 Å². The summed E-state index contributed by atoms with van der Waals surface area (Å²) >= 11 is 0. The van der Waals surface area contributed by atoms with Gasteiger partial charge in [0.15, 0.2) is 5.69 Å². The Kier molecular flexibility index (Phi) is 7.21. The minimum absolute atomic E-state index is 0.632. The van der Waals surface area contributed by atoms with Crippen LogP contribution in [0.5, 0.6) is 0 Å². The fourth-order valence-corrected chi connectivity index (χ4v) is 8.12. The summed E-state index contributed by atoms with van der Waals surface area (Å²) in [5, 5.41) is 8.81. The Bertz CT molecular complexity index is 2420. The number of para-hydroxylation sites is 2. The summed E-state index contributed by atoms with van der Waals surface area (Å²) in [5.74, 6) is 0. The van der Waals surface area contributed by atoms with Crippen molar-refractivity contribution < 1.29 is 0 Å². The first-order valence-corrected chi connectivity index (χ1v) is 19.9. The first kappa shape index (κ1) is 29.5. The van der Waals surface area contributed by atoms with Gasteiger partial charge in [0.25, 0.3) is 0 Å². The van der Waals surface area contributed by atoms with Gasteiger partial charge in [0.1, 0.15) is 0 Å². The van der Waals surface area contributed by atoms with E-state index in [-0.39, 0.29) is 0 Å². The first-order chi connectivity index (χ1) is 23.4. The highest BCUT2D eigenvalue weighted by molar-refractivity contribution is 6.88. The van der Waals surface area contributed by atoms with E-state index in [1.165, 1.54) is 37.5 Å². The molecule has 0 fully saturated rings. The molecule has 0 N–H and O–H groups in total. The number of rotatable bonds is 7. The minimum Gasteiger partial charge on any atom is -0.310 e. The highest BCUT2D eigenvalue weighted by Crippen LogP contribution is 2.47. The highest BCUT2D eigenvalue weighted by atomic mass is 28.3. The maximum atomic E-state index is 7.48. The number of benzene rings is 8. The average molecular weight is 634 g/mol. The molecule has 0 aliphatic carbocycles. The summed E-state index contributed by atoms with van der Waals surface area (Å²) < 4.78 is 0. The van der Waals surface area contributed by atoms with E-state index in [0.29, 0.717) is 5.69 Å². The number of hydrogen-bond acceptors (Lipinski definition) is 2. The van der Waals surface area contributed by atoms with E-state index >= 15 is 0 Å². The predicted octanol–water partition coefficient (Wildman–Crippen LogP) is 12.6. The molecule has 0 unspecified atom stereocenters. The van der Waals surface area contributed by atoms with Gasteiger partial charge in [-0.1, -0.05) is 122 Å². The molecule has 0 heterocycles. The molecule has 8 rings (SSSR count). The lowest BCUT2D eigenvalue weighted by Gasteiger charge is -2.29. The quantitative estimate of drug-likeness (QED) is 0.0982. The molecule has 3 nitrogen and oxygen atoms in total. The molecule has 230 valence electrons. The zero-order chi connectivity index (χ0) is 32.8. The molecular formula is C44H35N3Si. The average Bonchev–Trinajstić information content (AvgIpc) is 3.13. The summed E-state index contributed by atoms with van der Waals surface area (Å²) in [6.07, 6.45) is 0. The van der Waals surface area contributed by atoms with Crippen LogP contribution in [0.15, 0.2) is 158 Å². The molecule has 0 aromatic heterocycles. The van der Waals surface area contributed by atoms with Gasteiger partial charge < -0.3 is 9.80 Å². The Balaban J connectivity index is 1.37. The largest absolute Gasteiger partial charge is 0.310 e. The van der Waals surface area contributed by atoms with Gasteiger partial charge in [0.05, 0.1) is 26.0 Å². The Hall–Kier alpha value is -5.89. The number of hydrogen-bond donors (Lipinski definition) is 0. The van der Waals surface area contributed by atoms with Crippen molar-refractivity contribution in [3.63, 3.8) is 0 Å². The standard InChI is InChI=1S/C44H35N3Si/c1-45-33-19-21-36(22-20-33)46(34-11-7-5-8-12-34)41-29-17-31-16-28-40-42(30-18-32-15-27-39(41)43(31)44(32)40)47(35-13-9-6-10-14-35)37-23-25-38(26-24-37)48(2,3)4/h5-30H,2-4H3. The maximum absolute atomic E-state index is 7.48. The van der Waals surface area contributed by atoms with E-state index in [9.17, 15) is 0 Å². The summed E-state index contributed by atoms with van der Waals surface area (Å²) in [6, 6.07) is 56.4. The van der Waals surface area contributed by atoms with Crippen LogP contribution in [0.25, 0.3) is 37.2 Å². The Morgan fingerprint density at radius 2 is 0.833 bits per heavy atom. The lowest BCUT2D eigenvalue weighted by atomic mass is 9.91. The third kappa shape index (κ3) is 5.06. The molecular weight excluding hydrogens is 599 g/mol. The van der Waals surface area contributed by atoms with Crippen LogP contribution < -0.4 is 15.0 Å². The number of anilines is 6. The lowest BCUT2D eigenvalue weighted by Crippen LogP contribution is -2.37. The molecule has 48 heavy (non-hydrogen) atoms. The third-order valence-corrected chi connectivity index (χ3v) is 11.4. The molecule has 0 aliphatic rings. The molecule has 0 saturated heterocycles. The van der Waals surface area contributed by atoms with Crippen molar-refractivity contribution in [2.24, 2.45) is 0 Å². The third-order valence-electron chi connectivity index (χ3n) is 9.36. The van der Waals surface area contributed by atoms with Gasteiger partial charge in [-0.15, -0.1) is 0 Å². The van der Waals surface area contributed by atoms with Gasteiger partial charge in [-0.05, 0) is 82.2 Å². The van der Waals surface area contributed by atoms with Gasteiger partial charge in [0, 0.05) is 33.5 Å². The molecule has 0 aliphatic heterocycles. The van der Waals surface area contributed by atoms with Crippen LogP contribution in [0.4, 0.5) is 39.8 Å². The van der Waals surface area contributed by atoms with Crippen molar-refractivity contribution in [3.8, 4) is 0 Å². The zero-order valence-corrected chi connectivity index (χ0v) is 28.4. The summed E-state index contributed by atoms with van der Waals surface area (Å²) in [7, 11) is -1.44. The Morgan fingerprint density at radius 3 is 1.25 bits per heavy atom. The highest BCUT2D eigenvalue weighted by Gasteiger charge is 2.22. The fraction of sp³-hybridized carbons (Fsp3) is 0.0682. The summed E-state index contributed by atoms with van der Waals surface area (Å²) in [4.78, 5) is 8.33. The molecule has 8 aromatic rings. The molecule has 0 spiro atoms. The van der Waals surface area contributed by atoms with Crippen LogP contribution in [0, 0.1) is 6.57 Å². The van der Waals surface area contributed by atoms with Crippen molar-refractivity contribution >= 4 is 85.4 Å². The molecule has 0 atom stereocenters. The second kappa shape index (κ2) is 11.7. The van der Waals surface area contributed by atoms with Crippen LogP contribution >= 0.6 is 0 Å². The normalized spacial score (nSPS) is 11.6.